The van der Waals surface area contributed by atoms with Gasteiger partial charge >= 0.3 is 5.97 Å². The van der Waals surface area contributed by atoms with Crippen LogP contribution in [0.3, 0.4) is 0 Å². The van der Waals surface area contributed by atoms with Crippen LogP contribution in [-0.4, -0.2) is 23.1 Å². The van der Waals surface area contributed by atoms with Crippen molar-refractivity contribution in [2.75, 3.05) is 11.1 Å². The number of nitrogens with two attached hydrogens (primary N) is 1. The maximum Gasteiger partial charge on any atom is 0.346 e. The van der Waals surface area contributed by atoms with Crippen molar-refractivity contribution in [1.82, 2.24) is 5.16 Å². The van der Waals surface area contributed by atoms with E-state index < -0.39 is 18.0 Å². The van der Waals surface area contributed by atoms with E-state index in [-0.39, 0.29) is 11.4 Å². The molecule has 0 aliphatic heterocycles. The van der Waals surface area contributed by atoms with Gasteiger partial charge in [-0.25, -0.2) is 4.79 Å². The maximum absolute atomic E-state index is 12.4. The van der Waals surface area contributed by atoms with E-state index in [0.717, 1.165) is 10.8 Å². The molecule has 1 heterocycles. The van der Waals surface area contributed by atoms with Crippen LogP contribution in [0.1, 0.15) is 23.0 Å². The zero-order chi connectivity index (χ0) is 18.0. The van der Waals surface area contributed by atoms with E-state index in [9.17, 15) is 9.59 Å². The van der Waals surface area contributed by atoms with Gasteiger partial charge in [-0.3, -0.25) is 4.79 Å². The minimum atomic E-state index is -1.01. The molecule has 0 spiro atoms. The number of hydrogen-bond donors (Lipinski definition) is 2. The first-order valence-corrected chi connectivity index (χ1v) is 7.68. The second kappa shape index (κ2) is 6.64. The van der Waals surface area contributed by atoms with E-state index in [1.165, 1.54) is 6.92 Å². The second-order valence-corrected chi connectivity index (χ2v) is 5.57. The first-order chi connectivity index (χ1) is 12.0. The largest absolute Gasteiger partial charge is 0.449 e. The number of nitrogens with one attached hydrogen (secondary N) is 1. The number of ether oxygens (including phenoxy) is 1. The van der Waals surface area contributed by atoms with Crippen molar-refractivity contribution in [1.29, 1.82) is 0 Å². The molecule has 0 saturated carbocycles. The topological polar surface area (TPSA) is 107 Å². The van der Waals surface area contributed by atoms with E-state index in [2.05, 4.69) is 10.5 Å². The van der Waals surface area contributed by atoms with E-state index in [1.807, 2.05) is 36.4 Å². The Hall–Kier alpha value is -3.35. The van der Waals surface area contributed by atoms with Crippen LogP contribution in [0.15, 0.2) is 47.0 Å². The molecule has 0 aliphatic rings. The minimum absolute atomic E-state index is 0.0322. The van der Waals surface area contributed by atoms with Gasteiger partial charge in [0.05, 0.1) is 5.69 Å². The third-order valence-electron chi connectivity index (χ3n) is 3.79. The van der Waals surface area contributed by atoms with Gasteiger partial charge in [-0.1, -0.05) is 41.6 Å². The summed E-state index contributed by atoms with van der Waals surface area (Å²) < 4.78 is 9.90. The zero-order valence-corrected chi connectivity index (χ0v) is 13.8. The molecule has 2 aromatic carbocycles. The first kappa shape index (κ1) is 16.5. The number of aryl methyl sites for hydroxylation is 1. The number of anilines is 2. The average molecular weight is 339 g/mol. The summed E-state index contributed by atoms with van der Waals surface area (Å²) in [5.41, 5.74) is 6.54. The fourth-order valence-electron chi connectivity index (χ4n) is 2.48. The van der Waals surface area contributed by atoms with Gasteiger partial charge < -0.3 is 20.3 Å². The van der Waals surface area contributed by atoms with Gasteiger partial charge in [0, 0.05) is 11.1 Å². The summed E-state index contributed by atoms with van der Waals surface area (Å²) in [6.45, 7) is 3.05. The lowest BCUT2D eigenvalue weighted by atomic mass is 10.1. The van der Waals surface area contributed by atoms with Gasteiger partial charge in [0.2, 0.25) is 5.88 Å². The molecule has 3 N–H and O–H groups in total. The second-order valence-electron chi connectivity index (χ2n) is 5.57. The summed E-state index contributed by atoms with van der Waals surface area (Å²) in [6, 6.07) is 13.2. The summed E-state index contributed by atoms with van der Waals surface area (Å²) in [6.07, 6.45) is -1.01. The molecule has 7 heteroatoms. The lowest BCUT2D eigenvalue weighted by Gasteiger charge is -2.14. The van der Waals surface area contributed by atoms with Crippen LogP contribution in [0.4, 0.5) is 11.6 Å². The van der Waals surface area contributed by atoms with Crippen LogP contribution in [0.25, 0.3) is 10.8 Å². The van der Waals surface area contributed by atoms with Gasteiger partial charge in [0.15, 0.2) is 6.10 Å². The molecular weight excluding hydrogens is 322 g/mol. The van der Waals surface area contributed by atoms with Crippen molar-refractivity contribution in [3.8, 4) is 0 Å². The van der Waals surface area contributed by atoms with Crippen LogP contribution in [0.5, 0.6) is 0 Å². The number of carbonyl (C=O) groups is 2. The molecule has 1 amide bonds. The number of carbonyl (C=O) groups excluding carboxylic acids is 2. The van der Waals surface area contributed by atoms with Crippen LogP contribution in [0.2, 0.25) is 0 Å². The van der Waals surface area contributed by atoms with E-state index in [4.69, 9.17) is 15.0 Å². The lowest BCUT2D eigenvalue weighted by Crippen LogP contribution is -2.30. The molecule has 1 atom stereocenters. The molecule has 3 rings (SSSR count). The highest BCUT2D eigenvalue weighted by atomic mass is 16.5. The third kappa shape index (κ3) is 3.30. The molecule has 0 unspecified atom stereocenters. The van der Waals surface area contributed by atoms with Crippen molar-refractivity contribution in [2.24, 2.45) is 0 Å². The first-order valence-electron chi connectivity index (χ1n) is 7.68. The van der Waals surface area contributed by atoms with Crippen molar-refractivity contribution in [3.63, 3.8) is 0 Å². The van der Waals surface area contributed by atoms with E-state index in [1.54, 1.807) is 13.0 Å². The van der Waals surface area contributed by atoms with Gasteiger partial charge in [0.25, 0.3) is 5.91 Å². The lowest BCUT2D eigenvalue weighted by molar-refractivity contribution is -0.123. The SMILES string of the molecule is Cc1noc(N)c1C(=O)O[C@@H](C)C(=O)Nc1cccc2ccccc12. The number of rotatable bonds is 4. The van der Waals surface area contributed by atoms with Crippen molar-refractivity contribution in [3.05, 3.63) is 53.7 Å². The predicted octanol–water partition coefficient (Wildman–Crippen LogP) is 2.90. The standard InChI is InChI=1S/C18H17N3O4/c1-10-15(16(19)25-21-10)18(23)24-11(2)17(22)20-14-9-5-7-12-6-3-4-8-13(12)14/h3-9,11H,19H2,1-2H3,(H,20,22)/t11-/m0/s1. The predicted molar refractivity (Wildman–Crippen MR) is 93.1 cm³/mol. The fourth-order valence-corrected chi connectivity index (χ4v) is 2.48. The number of aromatic nitrogens is 1. The van der Waals surface area contributed by atoms with Gasteiger partial charge in [-0.05, 0) is 25.3 Å². The summed E-state index contributed by atoms with van der Waals surface area (Å²) in [5, 5.41) is 8.27. The minimum Gasteiger partial charge on any atom is -0.449 e. The highest BCUT2D eigenvalue weighted by Gasteiger charge is 2.25. The Morgan fingerprint density at radius 2 is 1.92 bits per heavy atom. The summed E-state index contributed by atoms with van der Waals surface area (Å²) >= 11 is 0. The smallest absolute Gasteiger partial charge is 0.346 e. The Kier molecular flexibility index (Phi) is 4.38. The fraction of sp³-hybridized carbons (Fsp3) is 0.167. The van der Waals surface area contributed by atoms with E-state index >= 15 is 0 Å². The molecule has 0 bridgehead atoms. The Morgan fingerprint density at radius 3 is 2.64 bits per heavy atom. The van der Waals surface area contributed by atoms with Gasteiger partial charge in [-0.2, -0.15) is 0 Å². The van der Waals surface area contributed by atoms with E-state index in [0.29, 0.717) is 11.4 Å². The highest BCUT2D eigenvalue weighted by molar-refractivity contribution is 6.04. The highest BCUT2D eigenvalue weighted by Crippen LogP contribution is 2.23. The number of benzene rings is 2. The number of fused-ring (bicyclic) bond motifs is 1. The molecule has 0 saturated heterocycles. The van der Waals surface area contributed by atoms with Crippen molar-refractivity contribution < 1.29 is 18.8 Å². The Labute approximate surface area is 143 Å². The molecule has 7 nitrogen and oxygen atoms in total. The molecule has 3 aromatic rings. The molecule has 0 aliphatic carbocycles. The molecular formula is C18H17N3O4. The number of esters is 1. The van der Waals surface area contributed by atoms with Crippen molar-refractivity contribution >= 4 is 34.2 Å². The average Bonchev–Trinajstić information content (AvgIpc) is 2.93. The normalized spacial score (nSPS) is 11.9. The monoisotopic (exact) mass is 339 g/mol. The van der Waals surface area contributed by atoms with Crippen LogP contribution in [0, 0.1) is 6.92 Å². The maximum atomic E-state index is 12.4. The molecule has 1 aromatic heterocycles. The number of amides is 1. The summed E-state index contributed by atoms with van der Waals surface area (Å²) in [5.74, 6) is -1.33. The number of hydrogen-bond acceptors (Lipinski definition) is 6. The van der Waals surface area contributed by atoms with Crippen LogP contribution < -0.4 is 11.1 Å². The van der Waals surface area contributed by atoms with Gasteiger partial charge in [-0.15, -0.1) is 0 Å². The quantitative estimate of drug-likeness (QED) is 0.708. The Bertz CT molecular complexity index is 924. The molecule has 0 radical (unpaired) electrons. The molecule has 25 heavy (non-hydrogen) atoms. The van der Waals surface area contributed by atoms with Crippen molar-refractivity contribution in [2.45, 2.75) is 20.0 Å². The summed E-state index contributed by atoms with van der Waals surface area (Å²) in [4.78, 5) is 24.5. The number of nitrogens with zero attached hydrogens (tertiary/aromatic N) is 1. The van der Waals surface area contributed by atoms with Crippen LogP contribution >= 0.6 is 0 Å². The molecule has 128 valence electrons. The Morgan fingerprint density at radius 1 is 1.20 bits per heavy atom. The van der Waals surface area contributed by atoms with Crippen LogP contribution in [-0.2, 0) is 9.53 Å². The third-order valence-corrected chi connectivity index (χ3v) is 3.79. The van der Waals surface area contributed by atoms with Gasteiger partial charge in [0.1, 0.15) is 5.56 Å². The molecule has 0 fully saturated rings. The Balaban J connectivity index is 1.73. The zero-order valence-electron chi connectivity index (χ0n) is 13.8. The number of nitrogen functional groups attached to an aromatic ring is 1. The summed E-state index contributed by atoms with van der Waals surface area (Å²) in [7, 11) is 0.